The fraction of sp³-hybridized carbons (Fsp3) is 0.211. The highest BCUT2D eigenvalue weighted by molar-refractivity contribution is 7.20. The van der Waals surface area contributed by atoms with Crippen LogP contribution in [-0.2, 0) is 6.42 Å². The molecule has 4 rings (SSSR count). The second-order valence-corrected chi connectivity index (χ2v) is 7.46. The number of aryl methyl sites for hydroxylation is 1. The van der Waals surface area contributed by atoms with Crippen LogP contribution in [0.4, 0.5) is 0 Å². The number of hydrogen-bond donors (Lipinski definition) is 3. The molecule has 0 aliphatic heterocycles. The molecule has 2 heterocycles. The number of rotatable bonds is 3. The molecule has 0 fully saturated rings. The summed E-state index contributed by atoms with van der Waals surface area (Å²) in [6.07, 6.45) is 2.29. The summed E-state index contributed by atoms with van der Waals surface area (Å²) in [7, 11) is 0. The van der Waals surface area contributed by atoms with Gasteiger partial charge in [-0.2, -0.15) is 0 Å². The molecule has 1 aliphatic rings. The van der Waals surface area contributed by atoms with Gasteiger partial charge in [-0.15, -0.1) is 11.3 Å². The van der Waals surface area contributed by atoms with Gasteiger partial charge in [-0.05, 0) is 48.4 Å². The first-order valence-electron chi connectivity index (χ1n) is 8.38. The van der Waals surface area contributed by atoms with Crippen LogP contribution in [0, 0.1) is 0 Å². The third-order valence-electron chi connectivity index (χ3n) is 4.67. The third-order valence-corrected chi connectivity index (χ3v) is 5.79. The number of carbonyl (C=O) groups excluding carboxylic acids is 2. The quantitative estimate of drug-likeness (QED) is 0.662. The molecular weight excluding hydrogens is 350 g/mol. The van der Waals surface area contributed by atoms with Crippen LogP contribution in [0.1, 0.15) is 50.2 Å². The Balaban J connectivity index is 1.65. The summed E-state index contributed by atoms with van der Waals surface area (Å²) in [4.78, 5) is 39.5. The number of pyridine rings is 1. The van der Waals surface area contributed by atoms with Crippen molar-refractivity contribution < 1.29 is 9.59 Å². The van der Waals surface area contributed by atoms with Crippen LogP contribution in [0.5, 0.6) is 0 Å². The van der Waals surface area contributed by atoms with Crippen LogP contribution in [0.3, 0.4) is 0 Å². The molecule has 0 saturated heterocycles. The minimum Gasteiger partial charge on any atom is -0.365 e. The SMILES string of the molecule is NC(=O)c1cc2c([nH]c1=O)CCCC2NC(=O)c1cc2ccccc2s1. The van der Waals surface area contributed by atoms with Crippen molar-refractivity contribution in [3.8, 4) is 0 Å². The summed E-state index contributed by atoms with van der Waals surface area (Å²) >= 11 is 1.44. The third kappa shape index (κ3) is 2.90. The second kappa shape index (κ2) is 6.42. The van der Waals surface area contributed by atoms with E-state index in [4.69, 9.17) is 5.73 Å². The molecule has 1 unspecified atom stereocenters. The zero-order valence-corrected chi connectivity index (χ0v) is 14.7. The molecule has 7 heteroatoms. The number of thiophene rings is 1. The van der Waals surface area contributed by atoms with Gasteiger partial charge in [0.15, 0.2) is 0 Å². The molecule has 0 bridgehead atoms. The number of hydrogen-bond acceptors (Lipinski definition) is 4. The van der Waals surface area contributed by atoms with Crippen LogP contribution < -0.4 is 16.6 Å². The van der Waals surface area contributed by atoms with Gasteiger partial charge in [0.05, 0.1) is 10.9 Å². The van der Waals surface area contributed by atoms with Gasteiger partial charge in [-0.3, -0.25) is 14.4 Å². The molecule has 0 spiro atoms. The van der Waals surface area contributed by atoms with E-state index < -0.39 is 11.5 Å². The number of amides is 2. The van der Waals surface area contributed by atoms with E-state index in [0.717, 1.165) is 34.2 Å². The predicted octanol–water partition coefficient (Wildman–Crippen LogP) is 2.50. The number of carbonyl (C=O) groups is 2. The number of H-pyrrole nitrogens is 1. The number of aromatic nitrogens is 1. The number of fused-ring (bicyclic) bond motifs is 2. The highest BCUT2D eigenvalue weighted by atomic mass is 32.1. The lowest BCUT2D eigenvalue weighted by atomic mass is 9.90. The van der Waals surface area contributed by atoms with E-state index in [1.807, 2.05) is 30.3 Å². The maximum Gasteiger partial charge on any atom is 0.261 e. The lowest BCUT2D eigenvalue weighted by Gasteiger charge is -2.26. The van der Waals surface area contributed by atoms with Gasteiger partial charge in [0.1, 0.15) is 5.56 Å². The number of benzene rings is 1. The monoisotopic (exact) mass is 367 g/mol. The maximum absolute atomic E-state index is 12.7. The standard InChI is InChI=1S/C19H17N3O3S/c20-17(23)12-9-11-13(21-18(12)24)5-3-6-14(11)22-19(25)16-8-10-4-1-2-7-15(10)26-16/h1-2,4,7-9,14H,3,5-6H2,(H2,20,23)(H,21,24)(H,22,25). The predicted molar refractivity (Wildman–Crippen MR) is 101 cm³/mol. The Morgan fingerprint density at radius 1 is 1.23 bits per heavy atom. The first-order valence-corrected chi connectivity index (χ1v) is 9.20. The van der Waals surface area contributed by atoms with E-state index in [1.54, 1.807) is 0 Å². The molecular formula is C19H17N3O3S. The van der Waals surface area contributed by atoms with Crippen molar-refractivity contribution in [1.82, 2.24) is 10.3 Å². The lowest BCUT2D eigenvalue weighted by molar-refractivity contribution is 0.0936. The largest absolute Gasteiger partial charge is 0.365 e. The van der Waals surface area contributed by atoms with Crippen LogP contribution in [0.2, 0.25) is 0 Å². The van der Waals surface area contributed by atoms with E-state index in [9.17, 15) is 14.4 Å². The molecule has 26 heavy (non-hydrogen) atoms. The van der Waals surface area contributed by atoms with E-state index >= 15 is 0 Å². The smallest absolute Gasteiger partial charge is 0.261 e. The normalized spacial score (nSPS) is 16.2. The van der Waals surface area contributed by atoms with Crippen molar-refractivity contribution in [3.05, 3.63) is 68.4 Å². The summed E-state index contributed by atoms with van der Waals surface area (Å²) in [5.74, 6) is -0.926. The zero-order chi connectivity index (χ0) is 18.3. The average Bonchev–Trinajstić information content (AvgIpc) is 3.05. The molecule has 1 aliphatic carbocycles. The van der Waals surface area contributed by atoms with E-state index in [1.165, 1.54) is 17.4 Å². The van der Waals surface area contributed by atoms with Crippen LogP contribution in [-0.4, -0.2) is 16.8 Å². The van der Waals surface area contributed by atoms with E-state index in [-0.39, 0.29) is 17.5 Å². The molecule has 0 saturated carbocycles. The summed E-state index contributed by atoms with van der Waals surface area (Å²) in [5.41, 5.74) is 6.25. The van der Waals surface area contributed by atoms with Gasteiger partial charge in [0, 0.05) is 10.4 Å². The molecule has 2 amide bonds. The summed E-state index contributed by atoms with van der Waals surface area (Å²) in [5, 5.41) is 4.07. The average molecular weight is 367 g/mol. The van der Waals surface area contributed by atoms with Crippen molar-refractivity contribution in [3.63, 3.8) is 0 Å². The summed E-state index contributed by atoms with van der Waals surface area (Å²) < 4.78 is 1.06. The van der Waals surface area contributed by atoms with Crippen molar-refractivity contribution in [2.45, 2.75) is 25.3 Å². The lowest BCUT2D eigenvalue weighted by Crippen LogP contribution is -2.33. The molecule has 132 valence electrons. The number of nitrogens with one attached hydrogen (secondary N) is 2. The van der Waals surface area contributed by atoms with Gasteiger partial charge < -0.3 is 16.0 Å². The van der Waals surface area contributed by atoms with Crippen molar-refractivity contribution in [2.75, 3.05) is 0 Å². The molecule has 4 N–H and O–H groups in total. The molecule has 3 aromatic rings. The Hall–Kier alpha value is -2.93. The van der Waals surface area contributed by atoms with Crippen molar-refractivity contribution in [1.29, 1.82) is 0 Å². The highest BCUT2D eigenvalue weighted by Crippen LogP contribution is 2.30. The zero-order valence-electron chi connectivity index (χ0n) is 13.9. The summed E-state index contributed by atoms with van der Waals surface area (Å²) in [6, 6.07) is 11.0. The van der Waals surface area contributed by atoms with Crippen LogP contribution in [0.25, 0.3) is 10.1 Å². The second-order valence-electron chi connectivity index (χ2n) is 6.38. The van der Waals surface area contributed by atoms with Gasteiger partial charge in [0.25, 0.3) is 17.4 Å². The Morgan fingerprint density at radius 3 is 2.81 bits per heavy atom. The Bertz CT molecular complexity index is 1050. The molecule has 6 nitrogen and oxygen atoms in total. The highest BCUT2D eigenvalue weighted by Gasteiger charge is 2.25. The minimum absolute atomic E-state index is 0.0771. The van der Waals surface area contributed by atoms with Crippen molar-refractivity contribution in [2.24, 2.45) is 5.73 Å². The van der Waals surface area contributed by atoms with Gasteiger partial charge >= 0.3 is 0 Å². The molecule has 1 atom stereocenters. The maximum atomic E-state index is 12.7. The van der Waals surface area contributed by atoms with E-state index in [2.05, 4.69) is 10.3 Å². The fourth-order valence-corrected chi connectivity index (χ4v) is 4.36. The first kappa shape index (κ1) is 16.5. The van der Waals surface area contributed by atoms with Crippen LogP contribution >= 0.6 is 11.3 Å². The topological polar surface area (TPSA) is 105 Å². The summed E-state index contributed by atoms with van der Waals surface area (Å²) in [6.45, 7) is 0. The Labute approximate surface area is 153 Å². The van der Waals surface area contributed by atoms with Crippen LogP contribution in [0.15, 0.2) is 41.2 Å². The van der Waals surface area contributed by atoms with Gasteiger partial charge in [0.2, 0.25) is 0 Å². The Morgan fingerprint density at radius 2 is 2.04 bits per heavy atom. The van der Waals surface area contributed by atoms with Crippen molar-refractivity contribution >= 4 is 33.2 Å². The molecule has 2 aromatic heterocycles. The first-order chi connectivity index (χ1) is 12.5. The molecule has 1 aromatic carbocycles. The van der Waals surface area contributed by atoms with E-state index in [0.29, 0.717) is 11.3 Å². The fourth-order valence-electron chi connectivity index (χ4n) is 3.40. The van der Waals surface area contributed by atoms with Gasteiger partial charge in [-0.25, -0.2) is 0 Å². The number of primary amides is 1. The van der Waals surface area contributed by atoms with Gasteiger partial charge in [-0.1, -0.05) is 18.2 Å². The Kier molecular flexibility index (Phi) is 4.08. The molecule has 0 radical (unpaired) electrons. The number of aromatic amines is 1. The minimum atomic E-state index is -0.769. The number of nitrogens with two attached hydrogens (primary N) is 1.